The fraction of sp³-hybridized carbons (Fsp3) is 0. The number of furan rings is 1. The molecular weight excluding hydrogens is 817 g/mol. The van der Waals surface area contributed by atoms with E-state index >= 15 is 0 Å². The predicted octanol–water partition coefficient (Wildman–Crippen LogP) is 16.3. The number of hydrogen-bond donors (Lipinski definition) is 0. The lowest BCUT2D eigenvalue weighted by atomic mass is 9.90. The van der Waals surface area contributed by atoms with Gasteiger partial charge in [0, 0.05) is 44.2 Å². The average Bonchev–Trinajstić information content (AvgIpc) is 3.82. The lowest BCUT2D eigenvalue weighted by molar-refractivity contribution is 0.632. The zero-order chi connectivity index (χ0) is 44.3. The van der Waals surface area contributed by atoms with Gasteiger partial charge in [-0.1, -0.05) is 212 Å². The first-order chi connectivity index (χ1) is 33.2. The van der Waals surface area contributed by atoms with Gasteiger partial charge in [0.15, 0.2) is 23.1 Å². The van der Waals surface area contributed by atoms with E-state index in [0.29, 0.717) is 17.5 Å². The van der Waals surface area contributed by atoms with Gasteiger partial charge in [-0.05, 0) is 67.2 Å². The second kappa shape index (κ2) is 15.9. The Morgan fingerprint density at radius 2 is 0.716 bits per heavy atom. The molecule has 5 heteroatoms. The minimum atomic E-state index is 0.584. The lowest BCUT2D eigenvalue weighted by Gasteiger charge is -2.13. The quantitative estimate of drug-likeness (QED) is 0.149. The Balaban J connectivity index is 1.02. The molecule has 0 fully saturated rings. The third-order valence-corrected chi connectivity index (χ3v) is 12.9. The van der Waals surface area contributed by atoms with Crippen molar-refractivity contribution in [3.63, 3.8) is 0 Å². The van der Waals surface area contributed by atoms with E-state index in [1.54, 1.807) is 0 Å². The van der Waals surface area contributed by atoms with Crippen LogP contribution in [0.25, 0.3) is 133 Å². The van der Waals surface area contributed by atoms with Crippen molar-refractivity contribution in [2.75, 3.05) is 0 Å². The molecule has 10 aromatic carbocycles. The largest absolute Gasteiger partial charge is 0.453 e. The van der Waals surface area contributed by atoms with E-state index in [4.69, 9.17) is 24.4 Å². The van der Waals surface area contributed by atoms with Crippen molar-refractivity contribution in [3.05, 3.63) is 231 Å². The van der Waals surface area contributed by atoms with E-state index < -0.39 is 0 Å². The van der Waals surface area contributed by atoms with Crippen molar-refractivity contribution in [2.45, 2.75) is 0 Å². The van der Waals surface area contributed by atoms with Gasteiger partial charge in [-0.2, -0.15) is 0 Å². The molecule has 13 aromatic rings. The summed E-state index contributed by atoms with van der Waals surface area (Å²) in [5.41, 5.74) is 11.4. The molecule has 312 valence electrons. The molecule has 0 unspecified atom stereocenters. The first-order valence-corrected chi connectivity index (χ1v) is 22.5. The molecule has 0 saturated heterocycles. The van der Waals surface area contributed by atoms with Crippen molar-refractivity contribution >= 4 is 54.2 Å². The zero-order valence-corrected chi connectivity index (χ0v) is 36.1. The number of nitrogens with zero attached hydrogens (tertiary/aromatic N) is 4. The highest BCUT2D eigenvalue weighted by Crippen LogP contribution is 2.48. The molecular formula is C62H38N4O. The van der Waals surface area contributed by atoms with E-state index in [0.717, 1.165) is 83.4 Å². The molecule has 0 radical (unpaired) electrons. The standard InChI is InChI=1S/C62H38N4O/c1-4-17-39(18-5-1)44-23-16-24-46(37-44)62-65-60(42-21-8-3-9-22-42)64-61(66-62)43-33-31-41(32-34-43)58-55(56-52-29-14-15-30-54(52)63-57(59(56)67-58)40-19-6-2-7-20-40)45-35-36-51-49-27-11-10-25-47(49)48-26-12-13-28-50(48)53(51)38-45/h1-38H. The maximum absolute atomic E-state index is 7.25. The van der Waals surface area contributed by atoms with Crippen LogP contribution in [0.5, 0.6) is 0 Å². The number of hydrogen-bond acceptors (Lipinski definition) is 5. The summed E-state index contributed by atoms with van der Waals surface area (Å²) >= 11 is 0. The van der Waals surface area contributed by atoms with Crippen molar-refractivity contribution in [2.24, 2.45) is 0 Å². The Bertz CT molecular complexity index is 3980. The van der Waals surface area contributed by atoms with Crippen molar-refractivity contribution < 1.29 is 4.42 Å². The van der Waals surface area contributed by atoms with Gasteiger partial charge < -0.3 is 4.42 Å². The van der Waals surface area contributed by atoms with Crippen molar-refractivity contribution in [1.82, 2.24) is 19.9 Å². The van der Waals surface area contributed by atoms with Crippen LogP contribution in [-0.4, -0.2) is 19.9 Å². The first-order valence-electron chi connectivity index (χ1n) is 22.5. The molecule has 13 rings (SSSR count). The summed E-state index contributed by atoms with van der Waals surface area (Å²) in [6.45, 7) is 0. The molecule has 0 amide bonds. The molecule has 0 atom stereocenters. The maximum atomic E-state index is 7.25. The van der Waals surface area contributed by atoms with Gasteiger partial charge >= 0.3 is 0 Å². The highest BCUT2D eigenvalue weighted by Gasteiger charge is 2.25. The number of benzene rings is 10. The minimum absolute atomic E-state index is 0.584. The summed E-state index contributed by atoms with van der Waals surface area (Å²) in [6, 6.07) is 80.4. The zero-order valence-electron chi connectivity index (χ0n) is 36.1. The highest BCUT2D eigenvalue weighted by molar-refractivity contribution is 6.26. The molecule has 0 spiro atoms. The summed E-state index contributed by atoms with van der Waals surface area (Å²) < 4.78 is 7.25. The second-order valence-electron chi connectivity index (χ2n) is 16.9. The number of para-hydroxylation sites is 1. The van der Waals surface area contributed by atoms with Gasteiger partial charge in [0.05, 0.1) is 5.52 Å². The van der Waals surface area contributed by atoms with E-state index in [2.05, 4.69) is 188 Å². The Morgan fingerprint density at radius 1 is 0.269 bits per heavy atom. The molecule has 0 aliphatic carbocycles. The van der Waals surface area contributed by atoms with E-state index in [1.165, 1.54) is 32.3 Å². The van der Waals surface area contributed by atoms with Crippen molar-refractivity contribution in [1.29, 1.82) is 0 Å². The van der Waals surface area contributed by atoms with Gasteiger partial charge in [0.1, 0.15) is 11.5 Å². The summed E-state index contributed by atoms with van der Waals surface area (Å²) in [5, 5.41) is 9.40. The minimum Gasteiger partial charge on any atom is -0.453 e. The summed E-state index contributed by atoms with van der Waals surface area (Å²) in [4.78, 5) is 20.5. The first kappa shape index (κ1) is 38.4. The fourth-order valence-electron chi connectivity index (χ4n) is 9.73. The Kier molecular flexibility index (Phi) is 9.10. The normalized spacial score (nSPS) is 11.6. The predicted molar refractivity (Wildman–Crippen MR) is 275 cm³/mol. The molecule has 5 nitrogen and oxygen atoms in total. The third kappa shape index (κ3) is 6.64. The molecule has 3 heterocycles. The molecule has 0 aliphatic rings. The Labute approximate surface area is 386 Å². The smallest absolute Gasteiger partial charge is 0.164 e. The lowest BCUT2D eigenvalue weighted by Crippen LogP contribution is -2.00. The van der Waals surface area contributed by atoms with E-state index in [1.807, 2.05) is 42.5 Å². The van der Waals surface area contributed by atoms with Crippen LogP contribution >= 0.6 is 0 Å². The van der Waals surface area contributed by atoms with Crippen molar-refractivity contribution in [3.8, 4) is 79.0 Å². The molecule has 0 N–H and O–H groups in total. The van der Waals surface area contributed by atoms with Crippen LogP contribution in [0.4, 0.5) is 0 Å². The van der Waals surface area contributed by atoms with Crippen LogP contribution in [0.15, 0.2) is 235 Å². The van der Waals surface area contributed by atoms with Crippen LogP contribution in [0.2, 0.25) is 0 Å². The van der Waals surface area contributed by atoms with Crippen LogP contribution < -0.4 is 0 Å². The highest BCUT2D eigenvalue weighted by atomic mass is 16.3. The van der Waals surface area contributed by atoms with Crippen LogP contribution in [0, 0.1) is 0 Å². The van der Waals surface area contributed by atoms with Gasteiger partial charge in [-0.15, -0.1) is 0 Å². The Hall–Kier alpha value is -9.06. The second-order valence-corrected chi connectivity index (χ2v) is 16.9. The molecule has 0 saturated carbocycles. The summed E-state index contributed by atoms with van der Waals surface area (Å²) in [6.07, 6.45) is 0. The summed E-state index contributed by atoms with van der Waals surface area (Å²) in [7, 11) is 0. The molecule has 0 bridgehead atoms. The van der Waals surface area contributed by atoms with E-state index in [9.17, 15) is 0 Å². The Morgan fingerprint density at radius 3 is 1.36 bits per heavy atom. The van der Waals surface area contributed by atoms with Crippen LogP contribution in [-0.2, 0) is 0 Å². The fourth-order valence-corrected chi connectivity index (χ4v) is 9.73. The van der Waals surface area contributed by atoms with Crippen LogP contribution in [0.1, 0.15) is 0 Å². The topological polar surface area (TPSA) is 64.7 Å². The monoisotopic (exact) mass is 854 g/mol. The molecule has 3 aromatic heterocycles. The average molecular weight is 855 g/mol. The number of aromatic nitrogens is 4. The molecule has 67 heavy (non-hydrogen) atoms. The van der Waals surface area contributed by atoms with Gasteiger partial charge in [0.2, 0.25) is 0 Å². The SMILES string of the molecule is c1ccc(-c2cccc(-c3nc(-c4ccccc4)nc(-c4ccc(-c5oc6c(-c7ccccc7)nc7ccccc7c6c5-c5ccc6c7ccccc7c7ccccc7c6c5)cc4)n3)c2)cc1. The number of rotatable bonds is 7. The van der Waals surface area contributed by atoms with Crippen LogP contribution in [0.3, 0.4) is 0 Å². The number of pyridine rings is 1. The summed E-state index contributed by atoms with van der Waals surface area (Å²) in [5.74, 6) is 2.56. The van der Waals surface area contributed by atoms with Gasteiger partial charge in [0.25, 0.3) is 0 Å². The number of fused-ring (bicyclic) bond motifs is 9. The molecule has 0 aliphatic heterocycles. The maximum Gasteiger partial charge on any atom is 0.164 e. The van der Waals surface area contributed by atoms with Gasteiger partial charge in [-0.3, -0.25) is 0 Å². The van der Waals surface area contributed by atoms with Gasteiger partial charge in [-0.25, -0.2) is 19.9 Å². The van der Waals surface area contributed by atoms with E-state index in [-0.39, 0.29) is 0 Å². The third-order valence-electron chi connectivity index (χ3n) is 12.9.